The van der Waals surface area contributed by atoms with Crippen LogP contribution in [-0.2, 0) is 6.54 Å². The molecule has 4 heterocycles. The number of pyridine rings is 1. The quantitative estimate of drug-likeness (QED) is 0.533. The Morgan fingerprint density at radius 2 is 2.00 bits per heavy atom. The molecule has 0 unspecified atom stereocenters. The number of aromatic nitrogens is 6. The van der Waals surface area contributed by atoms with Crippen molar-refractivity contribution >= 4 is 27.9 Å². The summed E-state index contributed by atoms with van der Waals surface area (Å²) in [6.45, 7) is 2.70. The summed E-state index contributed by atoms with van der Waals surface area (Å²) >= 11 is 0. The summed E-state index contributed by atoms with van der Waals surface area (Å²) < 4.78 is 3.79. The van der Waals surface area contributed by atoms with Crippen LogP contribution in [0.2, 0.25) is 0 Å². The van der Waals surface area contributed by atoms with E-state index in [1.54, 1.807) is 12.5 Å². The molecule has 7 heteroatoms. The highest BCUT2D eigenvalue weighted by Gasteiger charge is 2.09. The molecule has 0 fully saturated rings. The second-order valence-electron chi connectivity index (χ2n) is 6.42. The molecule has 0 amide bonds. The molecule has 1 aromatic carbocycles. The standard InChI is InChI=1S/C20H17N7/c1-14-7-9-26-19(14)20(22-13-24-26)25-16-5-6-18-15(10-16)11-23-27(18)12-17-4-2-3-8-21-17/h2-11,13H,12H2,1H3,(H,22,24,25). The minimum absolute atomic E-state index is 0.646. The molecule has 0 aliphatic heterocycles. The number of fused-ring (bicyclic) bond motifs is 2. The van der Waals surface area contributed by atoms with Gasteiger partial charge in [0, 0.05) is 23.5 Å². The Kier molecular flexibility index (Phi) is 3.57. The lowest BCUT2D eigenvalue weighted by Gasteiger charge is -2.08. The maximum Gasteiger partial charge on any atom is 0.158 e. The van der Waals surface area contributed by atoms with E-state index < -0.39 is 0 Å². The van der Waals surface area contributed by atoms with E-state index in [1.165, 1.54) is 0 Å². The lowest BCUT2D eigenvalue weighted by atomic mass is 10.2. The van der Waals surface area contributed by atoms with Crippen molar-refractivity contribution in [3.8, 4) is 0 Å². The van der Waals surface area contributed by atoms with E-state index in [0.717, 1.165) is 39.2 Å². The molecule has 132 valence electrons. The largest absolute Gasteiger partial charge is 0.338 e. The van der Waals surface area contributed by atoms with Gasteiger partial charge in [0.25, 0.3) is 0 Å². The molecule has 0 atom stereocenters. The van der Waals surface area contributed by atoms with Crippen molar-refractivity contribution in [3.63, 3.8) is 0 Å². The van der Waals surface area contributed by atoms with Gasteiger partial charge in [0.05, 0.1) is 24.0 Å². The average Bonchev–Trinajstić information content (AvgIpc) is 3.27. The Morgan fingerprint density at radius 1 is 1.04 bits per heavy atom. The molecule has 0 aliphatic carbocycles. The van der Waals surface area contributed by atoms with Crippen LogP contribution >= 0.6 is 0 Å². The highest BCUT2D eigenvalue weighted by atomic mass is 15.3. The normalized spacial score (nSPS) is 11.3. The van der Waals surface area contributed by atoms with Crippen LogP contribution in [0.5, 0.6) is 0 Å². The van der Waals surface area contributed by atoms with Crippen LogP contribution in [0.1, 0.15) is 11.3 Å². The molecule has 0 saturated carbocycles. The summed E-state index contributed by atoms with van der Waals surface area (Å²) in [6.07, 6.45) is 7.16. The predicted molar refractivity (Wildman–Crippen MR) is 104 cm³/mol. The highest BCUT2D eigenvalue weighted by Crippen LogP contribution is 2.25. The van der Waals surface area contributed by atoms with Crippen LogP contribution in [0.3, 0.4) is 0 Å². The third kappa shape index (κ3) is 2.79. The van der Waals surface area contributed by atoms with Gasteiger partial charge in [-0.05, 0) is 48.9 Å². The van der Waals surface area contributed by atoms with Crippen LogP contribution in [0.25, 0.3) is 16.4 Å². The number of nitrogens with one attached hydrogen (secondary N) is 1. The predicted octanol–water partition coefficient (Wildman–Crippen LogP) is 3.57. The summed E-state index contributed by atoms with van der Waals surface area (Å²) in [5.41, 5.74) is 5.11. The molecule has 5 rings (SSSR count). The van der Waals surface area contributed by atoms with Gasteiger partial charge in [-0.15, -0.1) is 0 Å². The maximum atomic E-state index is 4.51. The van der Waals surface area contributed by atoms with Crippen molar-refractivity contribution in [1.82, 2.24) is 29.4 Å². The fourth-order valence-electron chi connectivity index (χ4n) is 3.27. The minimum Gasteiger partial charge on any atom is -0.338 e. The van der Waals surface area contributed by atoms with Crippen molar-refractivity contribution in [3.05, 3.63) is 78.6 Å². The molecule has 0 saturated heterocycles. The first-order chi connectivity index (χ1) is 13.3. The zero-order valence-electron chi connectivity index (χ0n) is 14.7. The van der Waals surface area contributed by atoms with Gasteiger partial charge >= 0.3 is 0 Å². The number of nitrogens with zero attached hydrogens (tertiary/aromatic N) is 6. The zero-order chi connectivity index (χ0) is 18.2. The lowest BCUT2D eigenvalue weighted by Crippen LogP contribution is -2.03. The van der Waals surface area contributed by atoms with Gasteiger partial charge in [-0.25, -0.2) is 9.50 Å². The number of anilines is 2. The van der Waals surface area contributed by atoms with E-state index in [4.69, 9.17) is 0 Å². The van der Waals surface area contributed by atoms with Crippen LogP contribution in [0.15, 0.2) is 67.4 Å². The second-order valence-corrected chi connectivity index (χ2v) is 6.42. The molecule has 4 aromatic heterocycles. The first-order valence-electron chi connectivity index (χ1n) is 8.69. The van der Waals surface area contributed by atoms with Crippen molar-refractivity contribution in [2.45, 2.75) is 13.5 Å². The Bertz CT molecular complexity index is 1240. The fraction of sp³-hybridized carbons (Fsp3) is 0.100. The summed E-state index contributed by atoms with van der Waals surface area (Å²) in [6, 6.07) is 14.1. The van der Waals surface area contributed by atoms with Crippen molar-refractivity contribution in [2.75, 3.05) is 5.32 Å². The molecule has 0 spiro atoms. The van der Waals surface area contributed by atoms with E-state index in [0.29, 0.717) is 6.54 Å². The van der Waals surface area contributed by atoms with Crippen molar-refractivity contribution < 1.29 is 0 Å². The molecule has 7 nitrogen and oxygen atoms in total. The number of hydrogen-bond donors (Lipinski definition) is 1. The topological polar surface area (TPSA) is 72.9 Å². The van der Waals surface area contributed by atoms with E-state index >= 15 is 0 Å². The Hall–Kier alpha value is -3.74. The third-order valence-corrected chi connectivity index (χ3v) is 4.60. The van der Waals surface area contributed by atoms with Gasteiger partial charge in [0.15, 0.2) is 5.82 Å². The summed E-state index contributed by atoms with van der Waals surface area (Å²) in [4.78, 5) is 8.78. The molecule has 27 heavy (non-hydrogen) atoms. The minimum atomic E-state index is 0.646. The Balaban J connectivity index is 1.48. The maximum absolute atomic E-state index is 4.51. The first-order valence-corrected chi connectivity index (χ1v) is 8.69. The van der Waals surface area contributed by atoms with Gasteiger partial charge < -0.3 is 5.32 Å². The molecule has 0 bridgehead atoms. The van der Waals surface area contributed by atoms with Gasteiger partial charge in [0.2, 0.25) is 0 Å². The monoisotopic (exact) mass is 355 g/mol. The van der Waals surface area contributed by atoms with Crippen molar-refractivity contribution in [1.29, 1.82) is 0 Å². The van der Waals surface area contributed by atoms with E-state index in [2.05, 4.69) is 44.5 Å². The SMILES string of the molecule is Cc1ccn2ncnc(Nc3ccc4c(cnn4Cc4ccccn4)c3)c12. The number of aryl methyl sites for hydroxylation is 1. The van der Waals surface area contributed by atoms with E-state index in [-0.39, 0.29) is 0 Å². The number of hydrogen-bond acceptors (Lipinski definition) is 5. The second kappa shape index (κ2) is 6.21. The summed E-state index contributed by atoms with van der Waals surface area (Å²) in [5.74, 6) is 0.785. The van der Waals surface area contributed by atoms with Gasteiger partial charge in [0.1, 0.15) is 11.8 Å². The molecule has 5 aromatic rings. The first kappa shape index (κ1) is 15.5. The smallest absolute Gasteiger partial charge is 0.158 e. The Labute approximate surface area is 155 Å². The molecule has 1 N–H and O–H groups in total. The third-order valence-electron chi connectivity index (χ3n) is 4.60. The van der Waals surface area contributed by atoms with Crippen LogP contribution in [0, 0.1) is 6.92 Å². The van der Waals surface area contributed by atoms with Crippen LogP contribution in [-0.4, -0.2) is 29.4 Å². The number of benzene rings is 1. The Morgan fingerprint density at radius 3 is 2.89 bits per heavy atom. The van der Waals surface area contributed by atoms with Crippen molar-refractivity contribution in [2.24, 2.45) is 0 Å². The van der Waals surface area contributed by atoms with Crippen LogP contribution < -0.4 is 5.32 Å². The zero-order valence-corrected chi connectivity index (χ0v) is 14.7. The van der Waals surface area contributed by atoms with Gasteiger partial charge in [-0.2, -0.15) is 10.2 Å². The average molecular weight is 355 g/mol. The molecule has 0 radical (unpaired) electrons. The van der Waals surface area contributed by atoms with Crippen LogP contribution in [0.4, 0.5) is 11.5 Å². The molecular formula is C20H17N7. The highest BCUT2D eigenvalue weighted by molar-refractivity contribution is 5.85. The fourth-order valence-corrected chi connectivity index (χ4v) is 3.27. The summed E-state index contributed by atoms with van der Waals surface area (Å²) in [7, 11) is 0. The number of rotatable bonds is 4. The lowest BCUT2D eigenvalue weighted by molar-refractivity contribution is 0.696. The molecular weight excluding hydrogens is 338 g/mol. The summed E-state index contributed by atoms with van der Waals surface area (Å²) in [5, 5.41) is 13.2. The van der Waals surface area contributed by atoms with Gasteiger partial charge in [-0.1, -0.05) is 6.07 Å². The van der Waals surface area contributed by atoms with Gasteiger partial charge in [-0.3, -0.25) is 9.67 Å². The van der Waals surface area contributed by atoms with E-state index in [9.17, 15) is 0 Å². The van der Waals surface area contributed by atoms with E-state index in [1.807, 2.05) is 51.9 Å². The molecule has 0 aliphatic rings.